The van der Waals surface area contributed by atoms with Crippen molar-refractivity contribution in [3.8, 4) is 0 Å². The summed E-state index contributed by atoms with van der Waals surface area (Å²) in [5.41, 5.74) is 6.09. The van der Waals surface area contributed by atoms with Gasteiger partial charge in [0.05, 0.1) is 28.8 Å². The monoisotopic (exact) mass is 632 g/mol. The molecule has 0 unspecified atom stereocenters. The van der Waals surface area contributed by atoms with Gasteiger partial charge in [-0.25, -0.2) is 24.9 Å². The number of benzene rings is 2. The van der Waals surface area contributed by atoms with E-state index in [9.17, 15) is 33.6 Å². The van der Waals surface area contributed by atoms with E-state index in [0.717, 1.165) is 22.3 Å². The van der Waals surface area contributed by atoms with Crippen LogP contribution < -0.4 is 16.6 Å². The van der Waals surface area contributed by atoms with Gasteiger partial charge in [0.2, 0.25) is 5.91 Å². The largest absolute Gasteiger partial charge is 0.365 e. The van der Waals surface area contributed by atoms with Crippen molar-refractivity contribution in [2.45, 2.75) is 6.54 Å². The van der Waals surface area contributed by atoms with E-state index < -0.39 is 47.5 Å². The number of carbonyl (C=O) groups is 6. The normalized spacial score (nSPS) is 13.3. The molecule has 5 aromatic rings. The second-order valence-electron chi connectivity index (χ2n) is 9.95. The number of primary amides is 1. The number of carbonyl (C=O) groups excluding carboxylic acids is 6. The number of hydrogen-bond donors (Lipinski definition) is 3. The zero-order chi connectivity index (χ0) is 33.2. The van der Waals surface area contributed by atoms with Crippen molar-refractivity contribution >= 4 is 52.3 Å². The molecule has 2 aliphatic rings. The van der Waals surface area contributed by atoms with Crippen LogP contribution in [0.4, 0.5) is 5.82 Å². The summed E-state index contributed by atoms with van der Waals surface area (Å²) in [4.78, 5) is 108. The summed E-state index contributed by atoms with van der Waals surface area (Å²) >= 11 is 0. The molecule has 0 bridgehead atoms. The predicted molar refractivity (Wildman–Crippen MR) is 160 cm³/mol. The summed E-state index contributed by atoms with van der Waals surface area (Å²) in [5.74, 6) is -3.31. The van der Waals surface area contributed by atoms with Gasteiger partial charge in [0.15, 0.2) is 5.65 Å². The van der Waals surface area contributed by atoms with Gasteiger partial charge < -0.3 is 16.0 Å². The number of fused-ring (bicyclic) bond motifs is 3. The fourth-order valence-electron chi connectivity index (χ4n) is 4.84. The average molecular weight is 633 g/mol. The van der Waals surface area contributed by atoms with Crippen LogP contribution in [0.25, 0.3) is 11.0 Å². The van der Waals surface area contributed by atoms with Gasteiger partial charge in [-0.2, -0.15) is 0 Å². The van der Waals surface area contributed by atoms with Crippen LogP contribution >= 0.6 is 0 Å². The molecule has 0 saturated heterocycles. The Morgan fingerprint density at radius 1 is 0.745 bits per heavy atom. The fourth-order valence-corrected chi connectivity index (χ4v) is 4.84. The average Bonchev–Trinajstić information content (AvgIpc) is 3.45. The summed E-state index contributed by atoms with van der Waals surface area (Å²) in [6.07, 6.45) is 4.93. The lowest BCUT2D eigenvalue weighted by Gasteiger charge is -2.13. The number of H-pyrrole nitrogens is 1. The van der Waals surface area contributed by atoms with Gasteiger partial charge in [0.25, 0.3) is 35.1 Å². The van der Waals surface area contributed by atoms with Crippen molar-refractivity contribution in [2.75, 3.05) is 11.9 Å². The lowest BCUT2D eigenvalue weighted by molar-refractivity contribution is -0.116. The Kier molecular flexibility index (Phi) is 7.76. The van der Waals surface area contributed by atoms with E-state index in [-0.39, 0.29) is 45.9 Å². The van der Waals surface area contributed by atoms with E-state index in [1.165, 1.54) is 24.7 Å². The number of nitrogens with two attached hydrogens (primary N) is 1. The number of anilines is 1. The molecule has 4 N–H and O–H groups in total. The van der Waals surface area contributed by atoms with Gasteiger partial charge in [0, 0.05) is 12.4 Å². The maximum absolute atomic E-state index is 12.3. The fraction of sp³-hybridized carbons (Fsp3) is 0.0667. The SMILES string of the molecule is NC(=O)c1cncnc1NC(=O)CN1C(=O)c2ccccc2C1=O.O=C1c2ccccc2C(=O)N1Cc1nc2ncncc2c(=O)[nH]1. The first-order valence-corrected chi connectivity index (χ1v) is 13.6. The summed E-state index contributed by atoms with van der Waals surface area (Å²) in [7, 11) is 0. The van der Waals surface area contributed by atoms with E-state index in [2.05, 4.69) is 35.2 Å². The molecule has 5 heterocycles. The minimum atomic E-state index is -0.813. The van der Waals surface area contributed by atoms with Gasteiger partial charge in [-0.3, -0.25) is 43.4 Å². The number of hydrogen-bond acceptors (Lipinski definition) is 12. The first kappa shape index (κ1) is 30.0. The second kappa shape index (κ2) is 12.2. The smallest absolute Gasteiger partial charge is 0.262 e. The molecule has 232 valence electrons. The van der Waals surface area contributed by atoms with Crippen LogP contribution in [0.15, 0.2) is 78.4 Å². The highest BCUT2D eigenvalue weighted by Gasteiger charge is 2.37. The topological polar surface area (TPSA) is 244 Å². The Balaban J connectivity index is 0.000000164. The Morgan fingerprint density at radius 3 is 1.85 bits per heavy atom. The second-order valence-corrected chi connectivity index (χ2v) is 9.95. The van der Waals surface area contributed by atoms with Crippen LogP contribution in [0.5, 0.6) is 0 Å². The Bertz CT molecular complexity index is 2150. The minimum Gasteiger partial charge on any atom is -0.365 e. The predicted octanol–water partition coefficient (Wildman–Crippen LogP) is 0.319. The molecule has 17 nitrogen and oxygen atoms in total. The number of aromatic nitrogens is 6. The van der Waals surface area contributed by atoms with Gasteiger partial charge in [-0.05, 0) is 24.3 Å². The molecule has 7 rings (SSSR count). The van der Waals surface area contributed by atoms with Crippen LogP contribution in [0.3, 0.4) is 0 Å². The first-order chi connectivity index (χ1) is 22.6. The Hall–Kier alpha value is -7.04. The van der Waals surface area contributed by atoms with Gasteiger partial charge in [-0.1, -0.05) is 24.3 Å². The summed E-state index contributed by atoms with van der Waals surface area (Å²) in [6.45, 7) is -0.629. The van der Waals surface area contributed by atoms with Crippen molar-refractivity contribution in [3.63, 3.8) is 0 Å². The molecular weight excluding hydrogens is 612 g/mol. The lowest BCUT2D eigenvalue weighted by Crippen LogP contribution is -2.37. The molecule has 47 heavy (non-hydrogen) atoms. The van der Waals surface area contributed by atoms with E-state index in [4.69, 9.17) is 5.73 Å². The van der Waals surface area contributed by atoms with Crippen LogP contribution in [0.1, 0.15) is 57.6 Å². The zero-order valence-electron chi connectivity index (χ0n) is 23.9. The van der Waals surface area contributed by atoms with Crippen molar-refractivity contribution in [3.05, 3.63) is 118 Å². The van der Waals surface area contributed by atoms with E-state index in [1.54, 1.807) is 36.4 Å². The van der Waals surface area contributed by atoms with Crippen molar-refractivity contribution in [1.82, 2.24) is 39.7 Å². The molecule has 17 heteroatoms. The van der Waals surface area contributed by atoms with Gasteiger partial charge in [0.1, 0.15) is 41.8 Å². The van der Waals surface area contributed by atoms with Crippen LogP contribution in [0.2, 0.25) is 0 Å². The third-order valence-electron chi connectivity index (χ3n) is 7.04. The highest BCUT2D eigenvalue weighted by Crippen LogP contribution is 2.24. The van der Waals surface area contributed by atoms with Gasteiger partial charge in [-0.15, -0.1) is 0 Å². The van der Waals surface area contributed by atoms with E-state index >= 15 is 0 Å². The molecule has 0 radical (unpaired) electrons. The third-order valence-corrected chi connectivity index (χ3v) is 7.04. The molecule has 0 spiro atoms. The number of rotatable bonds is 6. The molecule has 0 atom stereocenters. The Labute approximate surface area is 262 Å². The summed E-state index contributed by atoms with van der Waals surface area (Å²) in [5, 5.41) is 2.60. The highest BCUT2D eigenvalue weighted by atomic mass is 16.2. The van der Waals surface area contributed by atoms with Crippen molar-refractivity contribution in [1.29, 1.82) is 0 Å². The molecule has 3 aromatic heterocycles. The number of imide groups is 2. The van der Waals surface area contributed by atoms with Crippen LogP contribution in [-0.4, -0.2) is 81.7 Å². The number of amides is 6. The maximum atomic E-state index is 12.3. The third kappa shape index (κ3) is 5.66. The molecule has 0 fully saturated rings. The molecular formula is C30H20N10O7. The standard InChI is InChI=1S/C15H11N5O4.C15H9N5O3/c16-12(22)10-5-17-7-18-13(10)19-11(21)6-20-14(23)8-3-1-2-4-9(8)15(20)24;21-13-10-5-16-7-17-12(10)18-11(19-13)6-20-14(22)8-3-1-2-4-9(8)15(20)23/h1-5,7H,6H2,(H2,16,22)(H,17,18,19,21);1-5,7H,6H2,(H,16,17,18,19,21). The minimum absolute atomic E-state index is 0.0757. The maximum Gasteiger partial charge on any atom is 0.262 e. The highest BCUT2D eigenvalue weighted by molar-refractivity contribution is 6.23. The van der Waals surface area contributed by atoms with Crippen molar-refractivity contribution in [2.24, 2.45) is 5.73 Å². The molecule has 0 saturated carbocycles. The number of aromatic amines is 1. The van der Waals surface area contributed by atoms with E-state index in [0.29, 0.717) is 11.1 Å². The van der Waals surface area contributed by atoms with Gasteiger partial charge >= 0.3 is 0 Å². The number of nitrogens with one attached hydrogen (secondary N) is 2. The van der Waals surface area contributed by atoms with Crippen LogP contribution in [0, 0.1) is 0 Å². The molecule has 6 amide bonds. The number of nitrogens with zero attached hydrogens (tertiary/aromatic N) is 7. The zero-order valence-corrected chi connectivity index (χ0v) is 23.9. The van der Waals surface area contributed by atoms with E-state index in [1.807, 2.05) is 0 Å². The quantitative estimate of drug-likeness (QED) is 0.214. The van der Waals surface area contributed by atoms with Crippen LogP contribution in [-0.2, 0) is 11.3 Å². The lowest BCUT2D eigenvalue weighted by atomic mass is 10.1. The molecule has 0 aliphatic carbocycles. The van der Waals surface area contributed by atoms with Crippen molar-refractivity contribution < 1.29 is 28.8 Å². The molecule has 2 aromatic carbocycles. The Morgan fingerprint density at radius 2 is 1.28 bits per heavy atom. The molecule has 2 aliphatic heterocycles. The summed E-state index contributed by atoms with van der Waals surface area (Å²) < 4.78 is 0. The summed E-state index contributed by atoms with van der Waals surface area (Å²) in [6, 6.07) is 12.9. The first-order valence-electron chi connectivity index (χ1n) is 13.6.